The van der Waals surface area contributed by atoms with E-state index in [0.717, 1.165) is 0 Å². The monoisotopic (exact) mass is 179 g/mol. The lowest BCUT2D eigenvalue weighted by Crippen LogP contribution is -2.40. The minimum atomic E-state index is 1.21. The van der Waals surface area contributed by atoms with Gasteiger partial charge in [-0.3, -0.25) is 0 Å². The van der Waals surface area contributed by atoms with Crippen LogP contribution in [0.2, 0.25) is 0 Å². The normalized spacial score (nSPS) is 15.8. The third-order valence-electron chi connectivity index (χ3n) is 2.89. The molecule has 0 radical (unpaired) electrons. The van der Waals surface area contributed by atoms with Crippen molar-refractivity contribution in [2.75, 3.05) is 0 Å². The van der Waals surface area contributed by atoms with E-state index in [-0.39, 0.29) is 0 Å². The molecule has 2 heteroatoms. The molecule has 0 aromatic carbocycles. The maximum absolute atomic E-state index is 2.43. The van der Waals surface area contributed by atoms with Gasteiger partial charge in [0.25, 0.3) is 5.82 Å². The molecule has 1 aromatic rings. The van der Waals surface area contributed by atoms with Crippen LogP contribution in [0.1, 0.15) is 38.4 Å². The van der Waals surface area contributed by atoms with Crippen molar-refractivity contribution in [3.63, 3.8) is 0 Å². The van der Waals surface area contributed by atoms with Gasteiger partial charge in [-0.05, 0) is 19.3 Å². The fraction of sp³-hybridized carbons (Fsp3) is 0.727. The van der Waals surface area contributed by atoms with Crippen LogP contribution in [0.15, 0.2) is 12.4 Å². The molecule has 0 amide bonds. The van der Waals surface area contributed by atoms with E-state index in [9.17, 15) is 0 Å². The Labute approximate surface area is 80.2 Å². The summed E-state index contributed by atoms with van der Waals surface area (Å²) >= 11 is 0. The highest BCUT2D eigenvalue weighted by Crippen LogP contribution is 2.09. The molecule has 0 saturated carbocycles. The van der Waals surface area contributed by atoms with Crippen molar-refractivity contribution in [1.82, 2.24) is 4.57 Å². The molecule has 0 spiro atoms. The Kier molecular flexibility index (Phi) is 2.67. The van der Waals surface area contributed by atoms with Crippen LogP contribution in [0, 0.1) is 0 Å². The van der Waals surface area contributed by atoms with Gasteiger partial charge in [0, 0.05) is 6.42 Å². The van der Waals surface area contributed by atoms with Gasteiger partial charge in [0.05, 0.1) is 13.1 Å². The Morgan fingerprint density at radius 2 is 2.38 bits per heavy atom. The van der Waals surface area contributed by atoms with Gasteiger partial charge in [-0.15, -0.1) is 0 Å². The van der Waals surface area contributed by atoms with Crippen molar-refractivity contribution in [1.29, 1.82) is 0 Å². The Morgan fingerprint density at radius 3 is 3.23 bits per heavy atom. The second-order valence-electron chi connectivity index (χ2n) is 3.91. The second-order valence-corrected chi connectivity index (χ2v) is 3.91. The molecule has 2 rings (SSSR count). The van der Waals surface area contributed by atoms with Gasteiger partial charge >= 0.3 is 0 Å². The van der Waals surface area contributed by atoms with Gasteiger partial charge in [-0.25, -0.2) is 9.13 Å². The molecule has 13 heavy (non-hydrogen) atoms. The van der Waals surface area contributed by atoms with Crippen molar-refractivity contribution in [2.45, 2.75) is 52.1 Å². The summed E-state index contributed by atoms with van der Waals surface area (Å²) in [6, 6.07) is 0. The van der Waals surface area contributed by atoms with Gasteiger partial charge in [0.2, 0.25) is 0 Å². The van der Waals surface area contributed by atoms with Crippen LogP contribution in [0.3, 0.4) is 0 Å². The molecule has 1 aromatic heterocycles. The van der Waals surface area contributed by atoms with E-state index in [1.165, 1.54) is 45.2 Å². The number of hydrogen-bond donors (Lipinski definition) is 0. The quantitative estimate of drug-likeness (QED) is 0.627. The van der Waals surface area contributed by atoms with E-state index in [1.54, 1.807) is 5.82 Å². The maximum atomic E-state index is 2.43. The molecule has 0 N–H and O–H groups in total. The molecule has 0 fully saturated rings. The average Bonchev–Trinajstić information content (AvgIpc) is 2.58. The SMILES string of the molecule is CCCCn1cc[n+]2c1CCCC2. The minimum Gasteiger partial charge on any atom is -0.234 e. The molecule has 0 aliphatic carbocycles. The third kappa shape index (κ3) is 1.77. The Balaban J connectivity index is 2.12. The maximum Gasteiger partial charge on any atom is 0.256 e. The van der Waals surface area contributed by atoms with Crippen molar-refractivity contribution < 1.29 is 4.57 Å². The first kappa shape index (κ1) is 8.79. The summed E-state index contributed by atoms with van der Waals surface area (Å²) in [7, 11) is 0. The van der Waals surface area contributed by atoms with Gasteiger partial charge in [-0.2, -0.15) is 0 Å². The highest BCUT2D eigenvalue weighted by Gasteiger charge is 2.19. The highest BCUT2D eigenvalue weighted by atomic mass is 15.1. The lowest BCUT2D eigenvalue weighted by Gasteiger charge is -2.09. The molecule has 72 valence electrons. The van der Waals surface area contributed by atoms with Crippen LogP contribution < -0.4 is 4.57 Å². The molecular weight excluding hydrogens is 160 g/mol. The smallest absolute Gasteiger partial charge is 0.234 e. The summed E-state index contributed by atoms with van der Waals surface area (Å²) in [5, 5.41) is 0. The molecule has 1 aliphatic heterocycles. The first-order valence-corrected chi connectivity index (χ1v) is 5.49. The van der Waals surface area contributed by atoms with E-state index in [2.05, 4.69) is 28.5 Å². The largest absolute Gasteiger partial charge is 0.256 e. The van der Waals surface area contributed by atoms with E-state index in [0.29, 0.717) is 0 Å². The van der Waals surface area contributed by atoms with Crippen molar-refractivity contribution in [2.24, 2.45) is 0 Å². The Morgan fingerprint density at radius 1 is 1.46 bits per heavy atom. The van der Waals surface area contributed by atoms with Crippen LogP contribution in [-0.2, 0) is 19.5 Å². The number of hydrogen-bond acceptors (Lipinski definition) is 0. The van der Waals surface area contributed by atoms with Gasteiger partial charge in [-0.1, -0.05) is 13.3 Å². The molecule has 0 atom stereocenters. The molecular formula is C11H19N2+. The van der Waals surface area contributed by atoms with Crippen molar-refractivity contribution >= 4 is 0 Å². The molecule has 0 bridgehead atoms. The molecule has 0 saturated heterocycles. The molecule has 2 nitrogen and oxygen atoms in total. The zero-order valence-corrected chi connectivity index (χ0v) is 8.50. The minimum absolute atomic E-state index is 1.21. The third-order valence-corrected chi connectivity index (χ3v) is 2.89. The summed E-state index contributed by atoms with van der Waals surface area (Å²) in [6.07, 6.45) is 11.1. The second kappa shape index (κ2) is 3.95. The fourth-order valence-electron chi connectivity index (χ4n) is 2.09. The number of rotatable bonds is 3. The van der Waals surface area contributed by atoms with Crippen molar-refractivity contribution in [3.05, 3.63) is 18.2 Å². The zero-order valence-electron chi connectivity index (χ0n) is 8.50. The predicted molar refractivity (Wildman–Crippen MR) is 52.5 cm³/mol. The van der Waals surface area contributed by atoms with E-state index >= 15 is 0 Å². The molecule has 0 unspecified atom stereocenters. The summed E-state index contributed by atoms with van der Waals surface area (Å²) < 4.78 is 4.85. The van der Waals surface area contributed by atoms with Crippen LogP contribution in [0.25, 0.3) is 0 Å². The average molecular weight is 179 g/mol. The number of imidazole rings is 1. The number of aryl methyl sites for hydroxylation is 2. The summed E-state index contributed by atoms with van der Waals surface area (Å²) in [5.41, 5.74) is 0. The van der Waals surface area contributed by atoms with E-state index in [1.807, 2.05) is 0 Å². The first-order chi connectivity index (χ1) is 6.42. The summed E-state index contributed by atoms with van der Waals surface area (Å²) in [6.45, 7) is 4.69. The van der Waals surface area contributed by atoms with Gasteiger partial charge in [0.1, 0.15) is 12.4 Å². The lowest BCUT2D eigenvalue weighted by molar-refractivity contribution is -0.709. The van der Waals surface area contributed by atoms with Gasteiger partial charge < -0.3 is 0 Å². The van der Waals surface area contributed by atoms with Crippen LogP contribution in [0.4, 0.5) is 0 Å². The molecule has 2 heterocycles. The Hall–Kier alpha value is -0.790. The number of nitrogens with zero attached hydrogens (tertiary/aromatic N) is 2. The lowest BCUT2D eigenvalue weighted by atomic mass is 10.1. The first-order valence-electron chi connectivity index (χ1n) is 5.49. The number of aromatic nitrogens is 2. The molecule has 1 aliphatic rings. The number of fused-ring (bicyclic) bond motifs is 1. The fourth-order valence-corrected chi connectivity index (χ4v) is 2.09. The number of unbranched alkanes of at least 4 members (excludes halogenated alkanes) is 1. The van der Waals surface area contributed by atoms with Crippen LogP contribution in [0.5, 0.6) is 0 Å². The topological polar surface area (TPSA) is 8.81 Å². The van der Waals surface area contributed by atoms with E-state index < -0.39 is 0 Å². The zero-order chi connectivity index (χ0) is 9.10. The Bertz CT molecular complexity index is 276. The van der Waals surface area contributed by atoms with Crippen LogP contribution in [-0.4, -0.2) is 4.57 Å². The summed E-state index contributed by atoms with van der Waals surface area (Å²) in [5.74, 6) is 1.54. The standard InChI is InChI=1S/C11H19N2/c1-2-3-7-12-9-10-13-8-5-4-6-11(12)13/h9-10H,2-8H2,1H3/q+1. The summed E-state index contributed by atoms with van der Waals surface area (Å²) in [4.78, 5) is 0. The highest BCUT2D eigenvalue weighted by molar-refractivity contribution is 4.85. The van der Waals surface area contributed by atoms with Crippen LogP contribution >= 0.6 is 0 Å². The van der Waals surface area contributed by atoms with E-state index in [4.69, 9.17) is 0 Å². The van der Waals surface area contributed by atoms with Crippen molar-refractivity contribution in [3.8, 4) is 0 Å². The predicted octanol–water partition coefficient (Wildman–Crippen LogP) is 1.91. The van der Waals surface area contributed by atoms with Gasteiger partial charge in [0.15, 0.2) is 0 Å².